The maximum absolute atomic E-state index is 13.8. The van der Waals surface area contributed by atoms with E-state index in [1.807, 2.05) is 18.7 Å². The summed E-state index contributed by atoms with van der Waals surface area (Å²) in [5.74, 6) is -0.497. The molecule has 1 aliphatic rings. The monoisotopic (exact) mass is 351 g/mol. The van der Waals surface area contributed by atoms with Crippen LogP contribution >= 0.6 is 0 Å². The van der Waals surface area contributed by atoms with Gasteiger partial charge in [0.25, 0.3) is 0 Å². The molecule has 0 unspecified atom stereocenters. The van der Waals surface area contributed by atoms with Crippen molar-refractivity contribution >= 4 is 17.5 Å². The van der Waals surface area contributed by atoms with Crippen LogP contribution in [0.3, 0.4) is 0 Å². The molecule has 7 heteroatoms. The molecule has 0 aliphatic carbocycles. The molecule has 1 fully saturated rings. The summed E-state index contributed by atoms with van der Waals surface area (Å²) in [6.07, 6.45) is 0. The fourth-order valence-corrected chi connectivity index (χ4v) is 2.89. The average Bonchev–Trinajstić information content (AvgIpc) is 2.63. The molecule has 1 heterocycles. The number of halogens is 1. The van der Waals surface area contributed by atoms with Crippen molar-refractivity contribution in [2.45, 2.75) is 13.8 Å². The van der Waals surface area contributed by atoms with Crippen LogP contribution in [0.4, 0.5) is 10.1 Å². The van der Waals surface area contributed by atoms with Crippen LogP contribution < -0.4 is 4.90 Å². The van der Waals surface area contributed by atoms with Crippen molar-refractivity contribution in [2.24, 2.45) is 0 Å². The lowest BCUT2D eigenvalue weighted by Crippen LogP contribution is -2.50. The standard InChI is InChI=1S/C18H26FN3O3/c1-3-20(4-2)17(23)13-25-14-18(24)22-11-9-21(10-12-22)16-8-6-5-7-15(16)19/h5-8H,3-4,9-14H2,1-2H3. The number of amides is 2. The molecule has 2 rings (SSSR count). The van der Waals surface area contributed by atoms with Gasteiger partial charge < -0.3 is 19.4 Å². The van der Waals surface area contributed by atoms with E-state index in [2.05, 4.69) is 0 Å². The predicted octanol–water partition coefficient (Wildman–Crippen LogP) is 1.36. The van der Waals surface area contributed by atoms with Gasteiger partial charge in [0.1, 0.15) is 19.0 Å². The highest BCUT2D eigenvalue weighted by Gasteiger charge is 2.23. The number of anilines is 1. The Balaban J connectivity index is 1.74. The number of hydrogen-bond acceptors (Lipinski definition) is 4. The van der Waals surface area contributed by atoms with Gasteiger partial charge in [-0.2, -0.15) is 0 Å². The Hall–Kier alpha value is -2.15. The lowest BCUT2D eigenvalue weighted by Gasteiger charge is -2.36. The normalized spacial score (nSPS) is 14.5. The number of benzene rings is 1. The van der Waals surface area contributed by atoms with E-state index in [1.54, 1.807) is 28.0 Å². The summed E-state index contributed by atoms with van der Waals surface area (Å²) in [5, 5.41) is 0. The second-order valence-electron chi connectivity index (χ2n) is 5.88. The minimum atomic E-state index is -0.250. The van der Waals surface area contributed by atoms with E-state index < -0.39 is 0 Å². The third kappa shape index (κ3) is 5.16. The number of hydrogen-bond donors (Lipinski definition) is 0. The number of ether oxygens (including phenoxy) is 1. The number of carbonyl (C=O) groups is 2. The largest absolute Gasteiger partial charge is 0.366 e. The van der Waals surface area contributed by atoms with Crippen LogP contribution in [0.2, 0.25) is 0 Å². The zero-order chi connectivity index (χ0) is 18.2. The molecule has 138 valence electrons. The summed E-state index contributed by atoms with van der Waals surface area (Å²) < 4.78 is 19.1. The van der Waals surface area contributed by atoms with Gasteiger partial charge in [-0.3, -0.25) is 9.59 Å². The molecular weight excluding hydrogens is 325 g/mol. The molecule has 1 aromatic carbocycles. The van der Waals surface area contributed by atoms with E-state index in [9.17, 15) is 14.0 Å². The molecule has 6 nitrogen and oxygen atoms in total. The first-order valence-electron chi connectivity index (χ1n) is 8.69. The molecular formula is C18H26FN3O3. The van der Waals surface area contributed by atoms with Crippen LogP contribution in [0.15, 0.2) is 24.3 Å². The summed E-state index contributed by atoms with van der Waals surface area (Å²) in [4.78, 5) is 29.3. The molecule has 1 aliphatic heterocycles. The van der Waals surface area contributed by atoms with E-state index in [0.717, 1.165) is 0 Å². The highest BCUT2D eigenvalue weighted by molar-refractivity contribution is 5.80. The van der Waals surface area contributed by atoms with Crippen molar-refractivity contribution in [3.63, 3.8) is 0 Å². The molecule has 0 radical (unpaired) electrons. The average molecular weight is 351 g/mol. The fourth-order valence-electron chi connectivity index (χ4n) is 2.89. The number of carbonyl (C=O) groups excluding carboxylic acids is 2. The minimum Gasteiger partial charge on any atom is -0.366 e. The summed E-state index contributed by atoms with van der Waals surface area (Å²) >= 11 is 0. The van der Waals surface area contributed by atoms with Crippen LogP contribution in [-0.4, -0.2) is 74.1 Å². The van der Waals surface area contributed by atoms with Crippen LogP contribution in [0, 0.1) is 5.82 Å². The molecule has 0 saturated carbocycles. The lowest BCUT2D eigenvalue weighted by molar-refractivity contribution is -0.142. The summed E-state index contributed by atoms with van der Waals surface area (Å²) in [6.45, 7) is 7.06. The summed E-state index contributed by atoms with van der Waals surface area (Å²) in [5.41, 5.74) is 0.565. The van der Waals surface area contributed by atoms with Crippen LogP contribution in [0.25, 0.3) is 0 Å². The molecule has 0 atom stereocenters. The van der Waals surface area contributed by atoms with Gasteiger partial charge in [0, 0.05) is 39.3 Å². The van der Waals surface area contributed by atoms with Crippen molar-refractivity contribution in [3.8, 4) is 0 Å². The van der Waals surface area contributed by atoms with E-state index in [0.29, 0.717) is 45.0 Å². The van der Waals surface area contributed by atoms with E-state index in [4.69, 9.17) is 4.74 Å². The fraction of sp³-hybridized carbons (Fsp3) is 0.556. The highest BCUT2D eigenvalue weighted by Crippen LogP contribution is 2.20. The van der Waals surface area contributed by atoms with Gasteiger partial charge >= 0.3 is 0 Å². The van der Waals surface area contributed by atoms with Gasteiger partial charge in [-0.15, -0.1) is 0 Å². The Kier molecular flexibility index (Phi) is 7.18. The Morgan fingerprint density at radius 1 is 1.08 bits per heavy atom. The number of likely N-dealkylation sites (N-methyl/N-ethyl adjacent to an activating group) is 1. The van der Waals surface area contributed by atoms with Crippen LogP contribution in [0.5, 0.6) is 0 Å². The molecule has 2 amide bonds. The van der Waals surface area contributed by atoms with Crippen molar-refractivity contribution in [3.05, 3.63) is 30.1 Å². The third-order valence-corrected chi connectivity index (χ3v) is 4.39. The maximum atomic E-state index is 13.8. The third-order valence-electron chi connectivity index (χ3n) is 4.39. The van der Waals surface area contributed by atoms with Gasteiger partial charge in [0.2, 0.25) is 11.8 Å². The lowest BCUT2D eigenvalue weighted by atomic mass is 10.2. The summed E-state index contributed by atoms with van der Waals surface area (Å²) in [7, 11) is 0. The molecule has 0 aromatic heterocycles. The molecule has 0 N–H and O–H groups in total. The van der Waals surface area contributed by atoms with Gasteiger partial charge in [-0.05, 0) is 26.0 Å². The van der Waals surface area contributed by atoms with E-state index >= 15 is 0 Å². The topological polar surface area (TPSA) is 53.1 Å². The van der Waals surface area contributed by atoms with Crippen LogP contribution in [-0.2, 0) is 14.3 Å². The molecule has 1 saturated heterocycles. The SMILES string of the molecule is CCN(CC)C(=O)COCC(=O)N1CCN(c2ccccc2F)CC1. The van der Waals surface area contributed by atoms with Gasteiger partial charge in [-0.1, -0.05) is 12.1 Å². The first-order valence-corrected chi connectivity index (χ1v) is 8.69. The highest BCUT2D eigenvalue weighted by atomic mass is 19.1. The Morgan fingerprint density at radius 2 is 1.72 bits per heavy atom. The molecule has 25 heavy (non-hydrogen) atoms. The van der Waals surface area contributed by atoms with Gasteiger partial charge in [0.15, 0.2) is 0 Å². The van der Waals surface area contributed by atoms with E-state index in [-0.39, 0.29) is 30.8 Å². The number of para-hydroxylation sites is 1. The van der Waals surface area contributed by atoms with E-state index in [1.165, 1.54) is 6.07 Å². The van der Waals surface area contributed by atoms with Crippen molar-refractivity contribution in [2.75, 3.05) is 57.4 Å². The number of nitrogens with zero attached hydrogens (tertiary/aromatic N) is 3. The maximum Gasteiger partial charge on any atom is 0.248 e. The zero-order valence-corrected chi connectivity index (χ0v) is 14.9. The first kappa shape index (κ1) is 19.2. The van der Waals surface area contributed by atoms with Crippen molar-refractivity contribution in [1.29, 1.82) is 0 Å². The molecule has 0 bridgehead atoms. The molecule has 0 spiro atoms. The Labute approximate surface area is 148 Å². The predicted molar refractivity (Wildman–Crippen MR) is 93.9 cm³/mol. The van der Waals surface area contributed by atoms with Gasteiger partial charge in [-0.25, -0.2) is 4.39 Å². The Morgan fingerprint density at radius 3 is 2.32 bits per heavy atom. The summed E-state index contributed by atoms with van der Waals surface area (Å²) in [6, 6.07) is 6.65. The van der Waals surface area contributed by atoms with Gasteiger partial charge in [0.05, 0.1) is 5.69 Å². The zero-order valence-electron chi connectivity index (χ0n) is 14.9. The molecule has 1 aromatic rings. The second kappa shape index (κ2) is 9.36. The first-order chi connectivity index (χ1) is 12.1. The van der Waals surface area contributed by atoms with Crippen molar-refractivity contribution < 1.29 is 18.7 Å². The van der Waals surface area contributed by atoms with Crippen LogP contribution in [0.1, 0.15) is 13.8 Å². The minimum absolute atomic E-state index is 0.0807. The van der Waals surface area contributed by atoms with Crippen molar-refractivity contribution in [1.82, 2.24) is 9.80 Å². The quantitative estimate of drug-likeness (QED) is 0.744. The number of piperazine rings is 1. The smallest absolute Gasteiger partial charge is 0.248 e. The Bertz CT molecular complexity index is 585. The second-order valence-corrected chi connectivity index (χ2v) is 5.88. The number of rotatable bonds is 7.